The summed E-state index contributed by atoms with van der Waals surface area (Å²) in [7, 11) is 0. The minimum Gasteiger partial charge on any atom is -0.508 e. The number of unbranched alkanes of at least 4 members (excludes halogenated alkanes) is 1. The van der Waals surface area contributed by atoms with Gasteiger partial charge in [-0.25, -0.2) is 0 Å². The highest BCUT2D eigenvalue weighted by molar-refractivity contribution is 5.52. The van der Waals surface area contributed by atoms with Crippen molar-refractivity contribution in [2.24, 2.45) is 34.5 Å². The number of aryl methyl sites for hydroxylation is 2. The lowest BCUT2D eigenvalue weighted by molar-refractivity contribution is -0.0287. The average molecular weight is 645 g/mol. The summed E-state index contributed by atoms with van der Waals surface area (Å²) in [6.07, 6.45) is 13.8. The second kappa shape index (κ2) is 11.9. The molecule has 0 aromatic heterocycles. The molecule has 0 radical (unpaired) electrons. The van der Waals surface area contributed by atoms with Crippen LogP contribution in [0.2, 0.25) is 0 Å². The van der Waals surface area contributed by atoms with E-state index < -0.39 is 6.29 Å². The molecule has 4 fully saturated rings. The largest absolute Gasteiger partial charge is 0.508 e. The van der Waals surface area contributed by atoms with Crippen LogP contribution in [0.15, 0.2) is 24.3 Å². The molecule has 0 saturated heterocycles. The maximum absolute atomic E-state index is 10.9. The maximum atomic E-state index is 10.9. The molecule has 0 unspecified atom stereocenters. The third-order valence-electron chi connectivity index (χ3n) is 14.7. The molecule has 256 valence electrons. The molecule has 6 aliphatic carbocycles. The fourth-order valence-electron chi connectivity index (χ4n) is 12.3. The summed E-state index contributed by atoms with van der Waals surface area (Å²) in [5.74, 6) is 4.76. The molecule has 6 heteroatoms. The highest BCUT2D eigenvalue weighted by Gasteiger charge is 2.56. The summed E-state index contributed by atoms with van der Waals surface area (Å²) >= 11 is 0. The molecule has 4 saturated carbocycles. The Morgan fingerprint density at radius 1 is 0.681 bits per heavy atom. The number of aliphatic hydroxyl groups excluding tert-OH is 2. The lowest BCUT2D eigenvalue weighted by Gasteiger charge is -2.50. The predicted molar refractivity (Wildman–Crippen MR) is 182 cm³/mol. The van der Waals surface area contributed by atoms with E-state index in [1.54, 1.807) is 0 Å². The van der Waals surface area contributed by atoms with Crippen LogP contribution in [0.1, 0.15) is 138 Å². The molecule has 10 atom stereocenters. The number of benzene rings is 2. The van der Waals surface area contributed by atoms with E-state index >= 15 is 0 Å². The maximum Gasteiger partial charge on any atom is 0.241 e. The lowest BCUT2D eigenvalue weighted by atomic mass is 9.55. The number of fused-ring (bicyclic) bond motifs is 10. The SMILES string of the molecule is CCCCC(Oc1cc(O)cc2c1[C@H]1CC[C@]3(C)[C@H](O)CC[C@H]3[C@@H]1CC2)Oc1cc(O)cc2c1[C@H]1CC[C@]3(C)[C@H](O)CC[C@H]3[C@@H]1CC2. The van der Waals surface area contributed by atoms with Crippen molar-refractivity contribution in [2.45, 2.75) is 147 Å². The summed E-state index contributed by atoms with van der Waals surface area (Å²) in [6.45, 7) is 6.81. The van der Waals surface area contributed by atoms with Gasteiger partial charge in [-0.3, -0.25) is 0 Å². The Hall–Kier alpha value is -2.44. The standard InChI is InChI=1S/C41H56O6/c1-4-5-6-37(46-33-21-25(42)19-23-7-9-27-29(38(23)33)15-17-40(2)31(27)11-13-35(40)44)47-34-22-26(43)20-24-8-10-28-30(39(24)34)16-18-41(3)32(28)12-14-36(41)45/h19-22,27-32,35-37,42-45H,4-18H2,1-3H3/t27-,28-,29+,30+,31+,32+,35-,36-,40+,41+/m1/s1. The van der Waals surface area contributed by atoms with Crippen LogP contribution in [0.5, 0.6) is 23.0 Å². The zero-order valence-electron chi connectivity index (χ0n) is 28.7. The van der Waals surface area contributed by atoms with Gasteiger partial charge in [0.25, 0.3) is 0 Å². The topological polar surface area (TPSA) is 99.4 Å². The van der Waals surface area contributed by atoms with E-state index in [0.29, 0.717) is 41.9 Å². The summed E-state index contributed by atoms with van der Waals surface area (Å²) in [5.41, 5.74) is 4.89. The quantitative estimate of drug-likeness (QED) is 0.226. The molecule has 47 heavy (non-hydrogen) atoms. The van der Waals surface area contributed by atoms with E-state index in [0.717, 1.165) is 101 Å². The van der Waals surface area contributed by atoms with Crippen molar-refractivity contribution < 1.29 is 29.9 Å². The lowest BCUT2D eigenvalue weighted by Crippen LogP contribution is -2.44. The second-order valence-electron chi connectivity index (χ2n) is 16.9. The van der Waals surface area contributed by atoms with Crippen molar-refractivity contribution in [3.8, 4) is 23.0 Å². The number of aromatic hydroxyl groups is 2. The Bertz CT molecular complexity index is 1400. The molecule has 6 nitrogen and oxygen atoms in total. The molecule has 4 N–H and O–H groups in total. The summed E-state index contributed by atoms with van der Waals surface area (Å²) in [4.78, 5) is 0. The van der Waals surface area contributed by atoms with E-state index in [1.165, 1.54) is 22.3 Å². The van der Waals surface area contributed by atoms with Crippen LogP contribution in [0.4, 0.5) is 0 Å². The van der Waals surface area contributed by atoms with Gasteiger partial charge in [0.05, 0.1) is 12.2 Å². The molecular formula is C41H56O6. The van der Waals surface area contributed by atoms with Crippen LogP contribution < -0.4 is 9.47 Å². The minimum absolute atomic E-state index is 0.00277. The predicted octanol–water partition coefficient (Wildman–Crippen LogP) is 8.51. The first kappa shape index (κ1) is 31.8. The molecule has 8 rings (SSSR count). The molecule has 2 aromatic rings. The van der Waals surface area contributed by atoms with E-state index in [-0.39, 0.29) is 34.5 Å². The van der Waals surface area contributed by atoms with Crippen molar-refractivity contribution in [1.82, 2.24) is 0 Å². The highest BCUT2D eigenvalue weighted by atomic mass is 16.7. The number of hydrogen-bond acceptors (Lipinski definition) is 6. The van der Waals surface area contributed by atoms with Gasteiger partial charge < -0.3 is 29.9 Å². The van der Waals surface area contributed by atoms with Gasteiger partial charge in [-0.15, -0.1) is 0 Å². The Balaban J connectivity index is 1.12. The van der Waals surface area contributed by atoms with Crippen LogP contribution in [0, 0.1) is 34.5 Å². The van der Waals surface area contributed by atoms with E-state index in [2.05, 4.69) is 20.8 Å². The van der Waals surface area contributed by atoms with Gasteiger partial charge in [0.1, 0.15) is 23.0 Å². The first-order valence-corrected chi connectivity index (χ1v) is 19.0. The smallest absolute Gasteiger partial charge is 0.241 e. The van der Waals surface area contributed by atoms with Gasteiger partial charge in [0, 0.05) is 29.7 Å². The number of phenolic OH excluding ortho intramolecular Hbond substituents is 2. The highest BCUT2D eigenvalue weighted by Crippen LogP contribution is 2.64. The Labute approximate surface area is 280 Å². The summed E-state index contributed by atoms with van der Waals surface area (Å²) < 4.78 is 13.9. The summed E-state index contributed by atoms with van der Waals surface area (Å²) in [6, 6.07) is 7.50. The molecule has 0 heterocycles. The third-order valence-corrected chi connectivity index (χ3v) is 14.7. The first-order chi connectivity index (χ1) is 22.6. The number of rotatable bonds is 7. The van der Waals surface area contributed by atoms with Crippen molar-refractivity contribution in [3.05, 3.63) is 46.5 Å². The van der Waals surface area contributed by atoms with Crippen molar-refractivity contribution >= 4 is 0 Å². The van der Waals surface area contributed by atoms with Gasteiger partial charge >= 0.3 is 0 Å². The van der Waals surface area contributed by atoms with Gasteiger partial charge in [0.15, 0.2) is 0 Å². The molecule has 0 bridgehead atoms. The van der Waals surface area contributed by atoms with E-state index in [1.807, 2.05) is 24.3 Å². The Morgan fingerprint density at radius 2 is 1.15 bits per heavy atom. The van der Waals surface area contributed by atoms with E-state index in [9.17, 15) is 20.4 Å². The fraction of sp³-hybridized carbons (Fsp3) is 0.707. The zero-order valence-corrected chi connectivity index (χ0v) is 28.7. The van der Waals surface area contributed by atoms with Crippen LogP contribution >= 0.6 is 0 Å². The van der Waals surface area contributed by atoms with E-state index in [4.69, 9.17) is 9.47 Å². The molecule has 0 amide bonds. The molecule has 2 aromatic carbocycles. The van der Waals surface area contributed by atoms with Crippen LogP contribution in [0.25, 0.3) is 0 Å². The molecule has 6 aliphatic rings. The van der Waals surface area contributed by atoms with Crippen LogP contribution in [-0.2, 0) is 12.8 Å². The second-order valence-corrected chi connectivity index (χ2v) is 16.9. The average Bonchev–Trinajstić information content (AvgIpc) is 3.53. The number of aliphatic hydroxyl groups is 2. The number of ether oxygens (including phenoxy) is 2. The monoisotopic (exact) mass is 644 g/mol. The van der Waals surface area contributed by atoms with Crippen LogP contribution in [-0.4, -0.2) is 38.9 Å². The van der Waals surface area contributed by atoms with Crippen LogP contribution in [0.3, 0.4) is 0 Å². The van der Waals surface area contributed by atoms with Gasteiger partial charge in [-0.1, -0.05) is 27.2 Å². The molecule has 0 aliphatic heterocycles. The minimum atomic E-state index is -0.545. The zero-order chi connectivity index (χ0) is 32.7. The van der Waals surface area contributed by atoms with Gasteiger partial charge in [0.2, 0.25) is 6.29 Å². The van der Waals surface area contributed by atoms with Crippen molar-refractivity contribution in [1.29, 1.82) is 0 Å². The number of phenols is 2. The number of hydrogen-bond donors (Lipinski definition) is 4. The summed E-state index contributed by atoms with van der Waals surface area (Å²) in [5, 5.41) is 43.7. The molecular weight excluding hydrogens is 588 g/mol. The third kappa shape index (κ3) is 5.09. The van der Waals surface area contributed by atoms with Crippen molar-refractivity contribution in [3.63, 3.8) is 0 Å². The Kier molecular flexibility index (Phi) is 8.03. The molecule has 0 spiro atoms. The first-order valence-electron chi connectivity index (χ1n) is 19.0. The van der Waals surface area contributed by atoms with Gasteiger partial charge in [-0.05, 0) is 153 Å². The normalized spacial score (nSPS) is 38.5. The Morgan fingerprint density at radius 3 is 1.60 bits per heavy atom. The van der Waals surface area contributed by atoms with Gasteiger partial charge in [-0.2, -0.15) is 0 Å². The fourth-order valence-corrected chi connectivity index (χ4v) is 12.3. The van der Waals surface area contributed by atoms with Crippen molar-refractivity contribution in [2.75, 3.05) is 0 Å².